The van der Waals surface area contributed by atoms with Gasteiger partial charge in [-0.1, -0.05) is 36.4 Å². The van der Waals surface area contributed by atoms with Crippen LogP contribution in [0, 0.1) is 5.41 Å². The average Bonchev–Trinajstić information content (AvgIpc) is 3.38. The van der Waals surface area contributed by atoms with Crippen LogP contribution in [0.1, 0.15) is 59.3 Å². The highest BCUT2D eigenvalue weighted by atomic mass is 32.2. The second-order valence-corrected chi connectivity index (χ2v) is 8.43. The largest absolute Gasteiger partial charge is 0.360 e. The fourth-order valence-electron chi connectivity index (χ4n) is 3.61. The van der Waals surface area contributed by atoms with Gasteiger partial charge >= 0.3 is 0 Å². The molecule has 0 radical (unpaired) electrons. The first kappa shape index (κ1) is 17.3. The Labute approximate surface area is 158 Å². The van der Waals surface area contributed by atoms with Gasteiger partial charge in [-0.25, -0.2) is 0 Å². The predicted molar refractivity (Wildman–Crippen MR) is 105 cm³/mol. The minimum absolute atomic E-state index is 0.0365. The molecule has 0 spiro atoms. The van der Waals surface area contributed by atoms with Gasteiger partial charge in [0, 0.05) is 16.4 Å². The molecular weight excluding hydrogens is 342 g/mol. The Kier molecular flexibility index (Phi) is 4.62. The number of nitrogens with zero attached hydrogens (tertiary/aromatic N) is 1. The maximum Gasteiger partial charge on any atom is 0.198 e. The van der Waals surface area contributed by atoms with Crippen molar-refractivity contribution in [3.63, 3.8) is 0 Å². The molecule has 0 bridgehead atoms. The lowest BCUT2D eigenvalue weighted by molar-refractivity contribution is 0.103. The van der Waals surface area contributed by atoms with Gasteiger partial charge in [0.15, 0.2) is 11.5 Å². The van der Waals surface area contributed by atoms with Crippen molar-refractivity contribution in [3.8, 4) is 0 Å². The average molecular weight is 365 g/mol. The van der Waals surface area contributed by atoms with Crippen LogP contribution >= 0.6 is 11.8 Å². The molecule has 1 heterocycles. The molecule has 2 aromatic rings. The number of aromatic nitrogens is 1. The summed E-state index contributed by atoms with van der Waals surface area (Å²) in [5, 5.41) is 3.90. The molecule has 0 aliphatic heterocycles. The number of benzene rings is 1. The Morgan fingerprint density at radius 2 is 2.15 bits per heavy atom. The van der Waals surface area contributed by atoms with Gasteiger partial charge in [-0.05, 0) is 61.1 Å². The second kappa shape index (κ2) is 6.92. The lowest BCUT2D eigenvalue weighted by Gasteiger charge is -2.27. The normalized spacial score (nSPS) is 21.9. The molecule has 1 aromatic heterocycles. The van der Waals surface area contributed by atoms with Crippen LogP contribution in [0.2, 0.25) is 0 Å². The molecule has 2 aliphatic carbocycles. The van der Waals surface area contributed by atoms with Crippen LogP contribution in [0.15, 0.2) is 58.1 Å². The molecule has 1 fully saturated rings. The number of hydrogen-bond donors (Lipinski definition) is 0. The molecule has 4 heteroatoms. The smallest absolute Gasteiger partial charge is 0.198 e. The zero-order valence-electron chi connectivity index (χ0n) is 15.2. The van der Waals surface area contributed by atoms with Crippen molar-refractivity contribution in [2.24, 2.45) is 5.41 Å². The number of ketones is 1. The van der Waals surface area contributed by atoms with E-state index < -0.39 is 0 Å². The number of hydrogen-bond acceptors (Lipinski definition) is 4. The minimum Gasteiger partial charge on any atom is -0.360 e. The van der Waals surface area contributed by atoms with E-state index in [4.69, 9.17) is 4.52 Å². The van der Waals surface area contributed by atoms with Crippen molar-refractivity contribution < 1.29 is 9.32 Å². The quantitative estimate of drug-likeness (QED) is 0.496. The topological polar surface area (TPSA) is 43.1 Å². The highest BCUT2D eigenvalue weighted by Crippen LogP contribution is 2.42. The van der Waals surface area contributed by atoms with Gasteiger partial charge in [-0.15, -0.1) is 11.8 Å². The van der Waals surface area contributed by atoms with Gasteiger partial charge < -0.3 is 4.52 Å². The Hall–Kier alpha value is -2.07. The summed E-state index contributed by atoms with van der Waals surface area (Å²) in [6, 6.07) is 6.17. The Balaban J connectivity index is 1.71. The molecular formula is C22H23NO2S. The summed E-state index contributed by atoms with van der Waals surface area (Å²) >= 11 is 1.71. The van der Waals surface area contributed by atoms with Gasteiger partial charge in [-0.2, -0.15) is 0 Å². The molecule has 0 N–H and O–H groups in total. The highest BCUT2D eigenvalue weighted by molar-refractivity contribution is 7.98. The molecule has 2 aliphatic rings. The van der Waals surface area contributed by atoms with Crippen LogP contribution in [0.5, 0.6) is 0 Å². The number of carbonyl (C=O) groups excluding carboxylic acids is 1. The first-order valence-corrected chi connectivity index (χ1v) is 10.3. The van der Waals surface area contributed by atoms with Crippen molar-refractivity contribution in [1.29, 1.82) is 0 Å². The monoisotopic (exact) mass is 365 g/mol. The van der Waals surface area contributed by atoms with Crippen molar-refractivity contribution in [3.05, 3.63) is 71.2 Å². The van der Waals surface area contributed by atoms with E-state index in [1.807, 2.05) is 12.1 Å². The molecule has 1 saturated carbocycles. The van der Waals surface area contributed by atoms with Crippen LogP contribution in [0.4, 0.5) is 0 Å². The lowest BCUT2D eigenvalue weighted by Crippen LogP contribution is -2.19. The summed E-state index contributed by atoms with van der Waals surface area (Å²) in [6.45, 7) is 2.25. The third kappa shape index (κ3) is 3.43. The van der Waals surface area contributed by atoms with Gasteiger partial charge in [0.25, 0.3) is 0 Å². The summed E-state index contributed by atoms with van der Waals surface area (Å²) in [6.07, 6.45) is 16.3. The molecule has 26 heavy (non-hydrogen) atoms. The van der Waals surface area contributed by atoms with Gasteiger partial charge in [0.2, 0.25) is 0 Å². The van der Waals surface area contributed by atoms with E-state index in [-0.39, 0.29) is 11.2 Å². The fourth-order valence-corrected chi connectivity index (χ4v) is 4.07. The zero-order valence-corrected chi connectivity index (χ0v) is 16.0. The van der Waals surface area contributed by atoms with Gasteiger partial charge in [-0.3, -0.25) is 4.79 Å². The van der Waals surface area contributed by atoms with Crippen LogP contribution < -0.4 is 0 Å². The van der Waals surface area contributed by atoms with Gasteiger partial charge in [0.05, 0.1) is 11.8 Å². The van der Waals surface area contributed by atoms with E-state index in [0.29, 0.717) is 11.5 Å². The van der Waals surface area contributed by atoms with E-state index in [0.717, 1.165) is 42.6 Å². The first-order chi connectivity index (χ1) is 12.6. The van der Waals surface area contributed by atoms with Crippen molar-refractivity contribution in [2.45, 2.75) is 43.4 Å². The van der Waals surface area contributed by atoms with E-state index in [1.54, 1.807) is 18.0 Å². The molecule has 0 saturated heterocycles. The fraction of sp³-hybridized carbons (Fsp3) is 0.364. The minimum atomic E-state index is 0.0365. The third-order valence-corrected chi connectivity index (χ3v) is 6.00. The highest BCUT2D eigenvalue weighted by Gasteiger charge is 2.33. The summed E-state index contributed by atoms with van der Waals surface area (Å²) in [5.41, 5.74) is 2.55. The number of allylic oxidation sites excluding steroid dienone is 4. The maximum atomic E-state index is 13.3. The standard InChI is InChI=1S/C22H23NO2S/c1-22(10-4-3-5-11-22)13-16-12-17(26-2)8-9-18(16)20(24)19-14-23-25-21(19)15-6-7-15/h3-5,8-10,12,14-15H,6-7,11,13H2,1-2H3. The summed E-state index contributed by atoms with van der Waals surface area (Å²) < 4.78 is 5.39. The Morgan fingerprint density at radius 3 is 2.85 bits per heavy atom. The third-order valence-electron chi connectivity index (χ3n) is 5.27. The summed E-state index contributed by atoms with van der Waals surface area (Å²) in [5.74, 6) is 1.17. The van der Waals surface area contributed by atoms with Crippen LogP contribution in [-0.4, -0.2) is 17.2 Å². The van der Waals surface area contributed by atoms with Crippen molar-refractivity contribution in [2.75, 3.05) is 6.26 Å². The van der Waals surface area contributed by atoms with E-state index in [9.17, 15) is 4.79 Å². The molecule has 3 nitrogen and oxygen atoms in total. The van der Waals surface area contributed by atoms with Crippen LogP contribution in [0.25, 0.3) is 0 Å². The first-order valence-electron chi connectivity index (χ1n) is 9.10. The lowest BCUT2D eigenvalue weighted by atomic mass is 9.77. The van der Waals surface area contributed by atoms with Crippen molar-refractivity contribution >= 4 is 17.5 Å². The predicted octanol–water partition coefficient (Wildman–Crippen LogP) is 5.57. The number of carbonyl (C=O) groups is 1. The van der Waals surface area contributed by atoms with E-state index in [2.05, 4.69) is 48.7 Å². The van der Waals surface area contributed by atoms with E-state index >= 15 is 0 Å². The SMILES string of the molecule is CSc1ccc(C(=O)c2cnoc2C2CC2)c(CC2(C)C=CC=CC2)c1. The summed E-state index contributed by atoms with van der Waals surface area (Å²) in [7, 11) is 0. The Morgan fingerprint density at radius 1 is 1.31 bits per heavy atom. The molecule has 4 rings (SSSR count). The molecule has 1 aromatic carbocycles. The second-order valence-electron chi connectivity index (χ2n) is 7.55. The number of thioether (sulfide) groups is 1. The summed E-state index contributed by atoms with van der Waals surface area (Å²) in [4.78, 5) is 14.5. The molecule has 1 atom stereocenters. The number of rotatable bonds is 6. The van der Waals surface area contributed by atoms with Crippen molar-refractivity contribution in [1.82, 2.24) is 5.16 Å². The van der Waals surface area contributed by atoms with Gasteiger partial charge in [0.1, 0.15) is 0 Å². The molecule has 1 unspecified atom stereocenters. The van der Waals surface area contributed by atoms with E-state index in [1.165, 1.54) is 4.90 Å². The molecule has 134 valence electrons. The molecule has 0 amide bonds. The maximum absolute atomic E-state index is 13.3. The Bertz CT molecular complexity index is 891. The van der Waals surface area contributed by atoms with Crippen LogP contribution in [0.3, 0.4) is 0 Å². The zero-order chi connectivity index (χ0) is 18.1. The van der Waals surface area contributed by atoms with Crippen LogP contribution in [-0.2, 0) is 6.42 Å².